The molecule has 0 spiro atoms. The SMILES string of the molecule is CC(Nc1ccc(C#N)c(F)c1F)c1ccccc1F. The highest BCUT2D eigenvalue weighted by atomic mass is 19.2. The molecular weight excluding hydrogens is 265 g/mol. The summed E-state index contributed by atoms with van der Waals surface area (Å²) in [4.78, 5) is 0. The summed E-state index contributed by atoms with van der Waals surface area (Å²) in [7, 11) is 0. The molecule has 0 saturated heterocycles. The van der Waals surface area contributed by atoms with Gasteiger partial charge in [0.15, 0.2) is 11.6 Å². The molecule has 2 aromatic carbocycles. The van der Waals surface area contributed by atoms with Crippen molar-refractivity contribution in [3.63, 3.8) is 0 Å². The van der Waals surface area contributed by atoms with Gasteiger partial charge in [-0.15, -0.1) is 0 Å². The van der Waals surface area contributed by atoms with Crippen LogP contribution in [0.25, 0.3) is 0 Å². The Labute approximate surface area is 114 Å². The van der Waals surface area contributed by atoms with Gasteiger partial charge in [-0.1, -0.05) is 18.2 Å². The van der Waals surface area contributed by atoms with Crippen molar-refractivity contribution >= 4 is 5.69 Å². The van der Waals surface area contributed by atoms with E-state index in [4.69, 9.17) is 5.26 Å². The lowest BCUT2D eigenvalue weighted by Gasteiger charge is -2.17. The van der Waals surface area contributed by atoms with Gasteiger partial charge in [0.1, 0.15) is 11.9 Å². The lowest BCUT2D eigenvalue weighted by Crippen LogP contribution is -2.10. The predicted molar refractivity (Wildman–Crippen MR) is 69.5 cm³/mol. The first-order valence-electron chi connectivity index (χ1n) is 5.93. The van der Waals surface area contributed by atoms with E-state index in [0.29, 0.717) is 5.56 Å². The van der Waals surface area contributed by atoms with Gasteiger partial charge in [0.25, 0.3) is 0 Å². The summed E-state index contributed by atoms with van der Waals surface area (Å²) in [6, 6.07) is 9.51. The summed E-state index contributed by atoms with van der Waals surface area (Å²) in [5.41, 5.74) is -0.138. The molecule has 0 radical (unpaired) electrons. The molecule has 0 saturated carbocycles. The number of benzene rings is 2. The standard InChI is InChI=1S/C15H11F3N2/c1-9(11-4-2-3-5-12(11)16)20-13-7-6-10(8-19)14(17)15(13)18/h2-7,9,20H,1H3. The molecule has 0 aliphatic rings. The van der Waals surface area contributed by atoms with Gasteiger partial charge in [-0.25, -0.2) is 13.2 Å². The number of nitrogens with zero attached hydrogens (tertiary/aromatic N) is 1. The van der Waals surface area contributed by atoms with Crippen molar-refractivity contribution in [2.45, 2.75) is 13.0 Å². The summed E-state index contributed by atoms with van der Waals surface area (Å²) in [5, 5.41) is 11.3. The molecule has 0 fully saturated rings. The smallest absolute Gasteiger partial charge is 0.183 e. The van der Waals surface area contributed by atoms with Crippen LogP contribution in [0.5, 0.6) is 0 Å². The van der Waals surface area contributed by atoms with E-state index in [1.807, 2.05) is 0 Å². The summed E-state index contributed by atoms with van der Waals surface area (Å²) in [5.74, 6) is -2.78. The van der Waals surface area contributed by atoms with Crippen LogP contribution in [0, 0.1) is 28.8 Å². The monoisotopic (exact) mass is 276 g/mol. The van der Waals surface area contributed by atoms with Crippen molar-refractivity contribution in [1.82, 2.24) is 0 Å². The Morgan fingerprint density at radius 2 is 1.75 bits per heavy atom. The Bertz CT molecular complexity index is 677. The molecule has 0 bridgehead atoms. The number of anilines is 1. The van der Waals surface area contributed by atoms with Gasteiger partial charge >= 0.3 is 0 Å². The van der Waals surface area contributed by atoms with Crippen molar-refractivity contribution in [1.29, 1.82) is 5.26 Å². The molecule has 1 atom stereocenters. The van der Waals surface area contributed by atoms with Gasteiger partial charge in [0.2, 0.25) is 0 Å². The average molecular weight is 276 g/mol. The van der Waals surface area contributed by atoms with Crippen LogP contribution in [0.2, 0.25) is 0 Å². The van der Waals surface area contributed by atoms with Gasteiger partial charge in [-0.2, -0.15) is 5.26 Å². The van der Waals surface area contributed by atoms with E-state index in [9.17, 15) is 13.2 Å². The zero-order chi connectivity index (χ0) is 14.7. The van der Waals surface area contributed by atoms with Crippen LogP contribution in [0.15, 0.2) is 36.4 Å². The second-order valence-electron chi connectivity index (χ2n) is 4.29. The molecule has 20 heavy (non-hydrogen) atoms. The summed E-state index contributed by atoms with van der Waals surface area (Å²) in [6.45, 7) is 1.63. The molecule has 0 aliphatic heterocycles. The molecule has 2 nitrogen and oxygen atoms in total. The molecule has 5 heteroatoms. The molecule has 2 rings (SSSR count). The largest absolute Gasteiger partial charge is 0.376 e. The number of halogens is 3. The predicted octanol–water partition coefficient (Wildman–Crippen LogP) is 4.15. The highest BCUT2D eigenvalue weighted by molar-refractivity contribution is 5.51. The van der Waals surface area contributed by atoms with E-state index in [-0.39, 0.29) is 11.3 Å². The van der Waals surface area contributed by atoms with Crippen LogP contribution in [0.3, 0.4) is 0 Å². The minimum atomic E-state index is -1.21. The minimum absolute atomic E-state index is 0.114. The molecule has 102 valence electrons. The van der Waals surface area contributed by atoms with Crippen molar-refractivity contribution in [3.05, 3.63) is 65.0 Å². The topological polar surface area (TPSA) is 35.8 Å². The fourth-order valence-electron chi connectivity index (χ4n) is 1.88. The van der Waals surface area contributed by atoms with Crippen molar-refractivity contribution in [3.8, 4) is 6.07 Å². The molecule has 0 aromatic heterocycles. The Morgan fingerprint density at radius 1 is 1.05 bits per heavy atom. The van der Waals surface area contributed by atoms with E-state index < -0.39 is 23.5 Å². The van der Waals surface area contributed by atoms with Crippen LogP contribution in [0.1, 0.15) is 24.1 Å². The maximum absolute atomic E-state index is 13.7. The third-order valence-electron chi connectivity index (χ3n) is 2.95. The fourth-order valence-corrected chi connectivity index (χ4v) is 1.88. The normalized spacial score (nSPS) is 11.8. The van der Waals surface area contributed by atoms with Gasteiger partial charge in [0, 0.05) is 5.56 Å². The summed E-state index contributed by atoms with van der Waals surface area (Å²) >= 11 is 0. The third kappa shape index (κ3) is 2.59. The number of hydrogen-bond donors (Lipinski definition) is 1. The zero-order valence-corrected chi connectivity index (χ0v) is 10.6. The highest BCUT2D eigenvalue weighted by Gasteiger charge is 2.16. The third-order valence-corrected chi connectivity index (χ3v) is 2.95. The molecule has 1 unspecified atom stereocenters. The maximum Gasteiger partial charge on any atom is 0.183 e. The van der Waals surface area contributed by atoms with Crippen molar-refractivity contribution in [2.75, 3.05) is 5.32 Å². The number of hydrogen-bond acceptors (Lipinski definition) is 2. The van der Waals surface area contributed by atoms with Crippen LogP contribution >= 0.6 is 0 Å². The number of nitriles is 1. The number of nitrogens with one attached hydrogen (secondary N) is 1. The van der Waals surface area contributed by atoms with Crippen LogP contribution in [-0.2, 0) is 0 Å². The van der Waals surface area contributed by atoms with Crippen molar-refractivity contribution in [2.24, 2.45) is 0 Å². The first kappa shape index (κ1) is 13.9. The van der Waals surface area contributed by atoms with E-state index in [1.165, 1.54) is 18.2 Å². The Balaban J connectivity index is 2.30. The van der Waals surface area contributed by atoms with E-state index in [0.717, 1.165) is 0 Å². The van der Waals surface area contributed by atoms with Gasteiger partial charge in [-0.05, 0) is 25.1 Å². The maximum atomic E-state index is 13.7. The quantitative estimate of drug-likeness (QED) is 0.914. The van der Waals surface area contributed by atoms with Crippen LogP contribution in [-0.4, -0.2) is 0 Å². The molecule has 1 N–H and O–H groups in total. The average Bonchev–Trinajstić information content (AvgIpc) is 2.44. The molecule has 0 amide bonds. The molecule has 2 aromatic rings. The Hall–Kier alpha value is -2.48. The lowest BCUT2D eigenvalue weighted by molar-refractivity contribution is 0.507. The summed E-state index contributed by atoms with van der Waals surface area (Å²) < 4.78 is 40.8. The molecule has 0 aliphatic carbocycles. The first-order chi connectivity index (χ1) is 9.54. The molecular formula is C15H11F3N2. The fraction of sp³-hybridized carbons (Fsp3) is 0.133. The van der Waals surface area contributed by atoms with E-state index >= 15 is 0 Å². The first-order valence-corrected chi connectivity index (χ1v) is 5.93. The lowest BCUT2D eigenvalue weighted by atomic mass is 10.1. The van der Waals surface area contributed by atoms with Gasteiger partial charge in [-0.3, -0.25) is 0 Å². The summed E-state index contributed by atoms with van der Waals surface area (Å²) in [6.07, 6.45) is 0. The Morgan fingerprint density at radius 3 is 2.40 bits per heavy atom. The van der Waals surface area contributed by atoms with Crippen LogP contribution in [0.4, 0.5) is 18.9 Å². The number of rotatable bonds is 3. The van der Waals surface area contributed by atoms with Crippen molar-refractivity contribution < 1.29 is 13.2 Å². The Kier molecular flexibility index (Phi) is 3.94. The van der Waals surface area contributed by atoms with E-state index in [2.05, 4.69) is 5.32 Å². The molecule has 0 heterocycles. The van der Waals surface area contributed by atoms with Gasteiger partial charge < -0.3 is 5.32 Å². The zero-order valence-electron chi connectivity index (χ0n) is 10.6. The highest BCUT2D eigenvalue weighted by Crippen LogP contribution is 2.25. The minimum Gasteiger partial charge on any atom is -0.376 e. The second-order valence-corrected chi connectivity index (χ2v) is 4.29. The second kappa shape index (κ2) is 5.66. The van der Waals surface area contributed by atoms with Crippen LogP contribution < -0.4 is 5.32 Å². The van der Waals surface area contributed by atoms with E-state index in [1.54, 1.807) is 31.2 Å². The van der Waals surface area contributed by atoms with Gasteiger partial charge in [0.05, 0.1) is 17.3 Å².